The van der Waals surface area contributed by atoms with Gasteiger partial charge >= 0.3 is 0 Å². The number of piperazine rings is 1. The van der Waals surface area contributed by atoms with Crippen LogP contribution in [-0.2, 0) is 5.79 Å². The predicted octanol–water partition coefficient (Wildman–Crippen LogP) is 0.765. The number of rotatable bonds is 5. The minimum atomic E-state index is -1.01. The number of hydrogen-bond acceptors (Lipinski definition) is 6. The SMILES string of the molecule is CC1=CC(=NCCCN2CCN(C)CC2)NC(N)(c2nc3ccccc3[nH]2)N1. The van der Waals surface area contributed by atoms with Crippen molar-refractivity contribution < 1.29 is 0 Å². The van der Waals surface area contributed by atoms with Gasteiger partial charge in [-0.2, -0.15) is 0 Å². The van der Waals surface area contributed by atoms with Gasteiger partial charge in [-0.05, 0) is 45.1 Å². The topological polar surface area (TPSA) is 97.6 Å². The zero-order valence-corrected chi connectivity index (χ0v) is 16.7. The van der Waals surface area contributed by atoms with Crippen LogP contribution in [0.3, 0.4) is 0 Å². The van der Waals surface area contributed by atoms with Gasteiger partial charge in [0, 0.05) is 38.4 Å². The first-order chi connectivity index (χ1) is 13.5. The van der Waals surface area contributed by atoms with E-state index in [-0.39, 0.29) is 0 Å². The van der Waals surface area contributed by atoms with E-state index in [9.17, 15) is 0 Å². The van der Waals surface area contributed by atoms with Gasteiger partial charge in [-0.25, -0.2) is 4.98 Å². The zero-order valence-electron chi connectivity index (χ0n) is 16.7. The molecule has 3 heterocycles. The number of nitrogens with one attached hydrogen (secondary N) is 3. The fourth-order valence-corrected chi connectivity index (χ4v) is 3.73. The molecule has 0 bridgehead atoms. The average Bonchev–Trinajstić information content (AvgIpc) is 3.11. The van der Waals surface area contributed by atoms with E-state index in [0.29, 0.717) is 5.82 Å². The van der Waals surface area contributed by atoms with E-state index in [1.54, 1.807) is 0 Å². The number of para-hydroxylation sites is 2. The standard InChI is InChI=1S/C20H30N8/c1-15-14-18(22-8-5-9-28-12-10-27(2)11-13-28)26-20(21,25-15)19-23-16-6-3-4-7-17(16)24-19/h3-4,6-7,14,25H,5,8-13,21H2,1-2H3,(H,22,26)(H,23,24). The zero-order chi connectivity index (χ0) is 19.6. The molecule has 0 amide bonds. The molecule has 8 nitrogen and oxygen atoms in total. The quantitative estimate of drug-likeness (QED) is 0.570. The monoisotopic (exact) mass is 382 g/mol. The molecule has 1 fully saturated rings. The van der Waals surface area contributed by atoms with Crippen molar-refractivity contribution in [1.82, 2.24) is 30.4 Å². The number of imidazole rings is 1. The lowest BCUT2D eigenvalue weighted by Gasteiger charge is -2.35. The third-order valence-electron chi connectivity index (χ3n) is 5.35. The summed E-state index contributed by atoms with van der Waals surface area (Å²) in [7, 11) is 2.18. The van der Waals surface area contributed by atoms with Crippen LogP contribution in [0, 0.1) is 0 Å². The molecular weight excluding hydrogens is 352 g/mol. The Hall–Kier alpha value is -2.42. The molecular formula is C20H30N8. The Morgan fingerprint density at radius 1 is 1.18 bits per heavy atom. The van der Waals surface area contributed by atoms with Crippen LogP contribution in [0.25, 0.3) is 11.0 Å². The maximum absolute atomic E-state index is 6.61. The highest BCUT2D eigenvalue weighted by atomic mass is 15.4. The number of aromatic nitrogens is 2. The Morgan fingerprint density at radius 3 is 2.75 bits per heavy atom. The lowest BCUT2D eigenvalue weighted by atomic mass is 10.2. The molecule has 28 heavy (non-hydrogen) atoms. The summed E-state index contributed by atoms with van der Waals surface area (Å²) in [5.41, 5.74) is 9.42. The van der Waals surface area contributed by atoms with Crippen LogP contribution in [-0.4, -0.2) is 71.9 Å². The highest BCUT2D eigenvalue weighted by molar-refractivity contribution is 5.95. The molecule has 5 N–H and O–H groups in total. The highest BCUT2D eigenvalue weighted by Gasteiger charge is 2.34. The summed E-state index contributed by atoms with van der Waals surface area (Å²) >= 11 is 0. The molecule has 4 rings (SSSR count). The van der Waals surface area contributed by atoms with Crippen molar-refractivity contribution in [3.8, 4) is 0 Å². The summed E-state index contributed by atoms with van der Waals surface area (Å²) in [6, 6.07) is 7.91. The van der Waals surface area contributed by atoms with Gasteiger partial charge in [-0.3, -0.25) is 10.7 Å². The van der Waals surface area contributed by atoms with Crippen LogP contribution < -0.4 is 16.4 Å². The third-order valence-corrected chi connectivity index (χ3v) is 5.35. The Labute approximate surface area is 165 Å². The molecule has 1 unspecified atom stereocenters. The summed E-state index contributed by atoms with van der Waals surface area (Å²) in [5, 5.41) is 6.59. The second-order valence-corrected chi connectivity index (χ2v) is 7.75. The van der Waals surface area contributed by atoms with Crippen molar-refractivity contribution in [2.45, 2.75) is 19.1 Å². The first-order valence-electron chi connectivity index (χ1n) is 9.96. The van der Waals surface area contributed by atoms with E-state index in [1.807, 2.05) is 37.3 Å². The number of H-pyrrole nitrogens is 1. The summed E-state index contributed by atoms with van der Waals surface area (Å²) < 4.78 is 0. The number of aromatic amines is 1. The van der Waals surface area contributed by atoms with Crippen LogP contribution in [0.15, 0.2) is 41.0 Å². The molecule has 1 aromatic heterocycles. The third kappa shape index (κ3) is 4.19. The van der Waals surface area contributed by atoms with Crippen molar-refractivity contribution in [2.75, 3.05) is 46.3 Å². The predicted molar refractivity (Wildman–Crippen MR) is 113 cm³/mol. The molecule has 2 aromatic rings. The van der Waals surface area contributed by atoms with Gasteiger partial charge in [0.05, 0.1) is 11.0 Å². The molecule has 0 radical (unpaired) electrons. The van der Waals surface area contributed by atoms with Gasteiger partial charge in [0.2, 0.25) is 5.79 Å². The largest absolute Gasteiger partial charge is 0.348 e. The molecule has 0 aliphatic carbocycles. The summed E-state index contributed by atoms with van der Waals surface area (Å²) in [4.78, 5) is 17.6. The van der Waals surface area contributed by atoms with Crippen LogP contribution >= 0.6 is 0 Å². The molecule has 2 aliphatic heterocycles. The van der Waals surface area contributed by atoms with Gasteiger partial charge < -0.3 is 25.4 Å². The number of nitrogens with zero attached hydrogens (tertiary/aromatic N) is 4. The van der Waals surface area contributed by atoms with Crippen molar-refractivity contribution in [3.05, 3.63) is 41.9 Å². The number of fused-ring (bicyclic) bond motifs is 1. The van der Waals surface area contributed by atoms with E-state index in [2.05, 4.69) is 37.4 Å². The molecule has 150 valence electrons. The normalized spacial score (nSPS) is 25.5. The summed E-state index contributed by atoms with van der Waals surface area (Å²) in [6.07, 6.45) is 3.03. The van der Waals surface area contributed by atoms with E-state index in [4.69, 9.17) is 10.7 Å². The van der Waals surface area contributed by atoms with Crippen molar-refractivity contribution in [3.63, 3.8) is 0 Å². The van der Waals surface area contributed by atoms with E-state index >= 15 is 0 Å². The van der Waals surface area contributed by atoms with Crippen LogP contribution in [0.4, 0.5) is 0 Å². The van der Waals surface area contributed by atoms with Crippen LogP contribution in [0.5, 0.6) is 0 Å². The summed E-state index contributed by atoms with van der Waals surface area (Å²) in [5.74, 6) is 0.428. The lowest BCUT2D eigenvalue weighted by Crippen LogP contribution is -2.64. The van der Waals surface area contributed by atoms with Crippen LogP contribution in [0.1, 0.15) is 19.2 Å². The molecule has 1 aromatic carbocycles. The molecule has 2 aliphatic rings. The molecule has 0 spiro atoms. The number of likely N-dealkylation sites (N-methyl/N-ethyl adjacent to an activating group) is 1. The van der Waals surface area contributed by atoms with Gasteiger partial charge in [-0.1, -0.05) is 12.1 Å². The Morgan fingerprint density at radius 2 is 1.96 bits per heavy atom. The van der Waals surface area contributed by atoms with Gasteiger partial charge in [0.25, 0.3) is 0 Å². The van der Waals surface area contributed by atoms with Gasteiger partial charge in [0.15, 0.2) is 5.82 Å². The Balaban J connectivity index is 1.39. The molecule has 1 atom stereocenters. The molecule has 8 heteroatoms. The number of allylic oxidation sites excluding steroid dienone is 1. The van der Waals surface area contributed by atoms with Crippen LogP contribution in [0.2, 0.25) is 0 Å². The van der Waals surface area contributed by atoms with E-state index in [0.717, 1.165) is 68.3 Å². The van der Waals surface area contributed by atoms with E-state index in [1.165, 1.54) is 0 Å². The van der Waals surface area contributed by atoms with E-state index < -0.39 is 5.79 Å². The smallest absolute Gasteiger partial charge is 0.223 e. The van der Waals surface area contributed by atoms with Crippen molar-refractivity contribution >= 4 is 16.9 Å². The Kier molecular flexibility index (Phi) is 5.34. The molecule has 1 saturated heterocycles. The minimum Gasteiger partial charge on any atom is -0.348 e. The highest BCUT2D eigenvalue weighted by Crippen LogP contribution is 2.19. The van der Waals surface area contributed by atoms with Gasteiger partial charge in [0.1, 0.15) is 5.84 Å². The first kappa shape index (κ1) is 18.9. The van der Waals surface area contributed by atoms with Gasteiger partial charge in [-0.15, -0.1) is 0 Å². The van der Waals surface area contributed by atoms with Crippen molar-refractivity contribution in [2.24, 2.45) is 10.7 Å². The minimum absolute atomic E-state index is 0.645. The number of benzene rings is 1. The maximum atomic E-state index is 6.61. The lowest BCUT2D eigenvalue weighted by molar-refractivity contribution is 0.153. The Bertz CT molecular complexity index is 844. The van der Waals surface area contributed by atoms with Crippen molar-refractivity contribution in [1.29, 1.82) is 0 Å². The fraction of sp³-hybridized carbons (Fsp3) is 0.500. The molecule has 0 saturated carbocycles. The average molecular weight is 383 g/mol. The second-order valence-electron chi connectivity index (χ2n) is 7.75. The number of nitrogens with two attached hydrogens (primary N) is 1. The first-order valence-corrected chi connectivity index (χ1v) is 9.96. The number of amidine groups is 1. The second kappa shape index (κ2) is 7.90. The maximum Gasteiger partial charge on any atom is 0.223 e. The summed E-state index contributed by atoms with van der Waals surface area (Å²) in [6.45, 7) is 8.44. The number of aliphatic imine (C=N–C) groups is 1. The number of hydrogen-bond donors (Lipinski definition) is 4. The fourth-order valence-electron chi connectivity index (χ4n) is 3.73.